The Labute approximate surface area is 170 Å². The number of hydrogen-bond donors (Lipinski definition) is 2. The number of hydrazone groups is 1. The average Bonchev–Trinajstić information content (AvgIpc) is 3.03. The van der Waals surface area contributed by atoms with Gasteiger partial charge in [-0.25, -0.2) is 5.43 Å². The van der Waals surface area contributed by atoms with Crippen molar-refractivity contribution in [2.45, 2.75) is 13.0 Å². The molecule has 0 aliphatic carbocycles. The highest BCUT2D eigenvalue weighted by Gasteiger charge is 2.10. The molecule has 1 amide bonds. The number of carbonyl (C=O) groups is 1. The van der Waals surface area contributed by atoms with Gasteiger partial charge in [0, 0.05) is 44.8 Å². The lowest BCUT2D eigenvalue weighted by Gasteiger charge is -2.07. The number of para-hydroxylation sites is 2. The fraction of sp³-hybridized carbons (Fsp3) is 0.0909. The number of rotatable bonds is 5. The van der Waals surface area contributed by atoms with E-state index in [0.717, 1.165) is 15.5 Å². The second-order valence-corrected chi connectivity index (χ2v) is 7.35. The second kappa shape index (κ2) is 7.86. The van der Waals surface area contributed by atoms with E-state index in [4.69, 9.17) is 0 Å². The highest BCUT2D eigenvalue weighted by molar-refractivity contribution is 9.10. The molecule has 140 valence electrons. The molecule has 0 aliphatic heterocycles. The predicted molar refractivity (Wildman–Crippen MR) is 116 cm³/mol. The first-order chi connectivity index (χ1) is 13.6. The number of benzene rings is 3. The number of carbonyl (C=O) groups excluding carboxylic acids is 1. The van der Waals surface area contributed by atoms with Crippen LogP contribution in [0.3, 0.4) is 0 Å². The van der Waals surface area contributed by atoms with Crippen LogP contribution in [0.15, 0.2) is 76.3 Å². The lowest BCUT2D eigenvalue weighted by Crippen LogP contribution is -2.19. The third-order valence-corrected chi connectivity index (χ3v) is 5.12. The molecule has 6 heteroatoms. The number of nitrogens with one attached hydrogen (secondary N) is 1. The number of phenolic OH excluding ortho intramolecular Hbond substituents is 1. The summed E-state index contributed by atoms with van der Waals surface area (Å²) in [6, 6.07) is 21.4. The van der Waals surface area contributed by atoms with Gasteiger partial charge in [-0.1, -0.05) is 52.3 Å². The minimum absolute atomic E-state index is 0.103. The van der Waals surface area contributed by atoms with E-state index < -0.39 is 0 Å². The van der Waals surface area contributed by atoms with Gasteiger partial charge in [0.25, 0.3) is 0 Å². The molecule has 5 nitrogen and oxygen atoms in total. The number of aromatic hydroxyl groups is 1. The maximum absolute atomic E-state index is 12.2. The van der Waals surface area contributed by atoms with E-state index in [-0.39, 0.29) is 11.7 Å². The van der Waals surface area contributed by atoms with E-state index in [1.807, 2.05) is 24.3 Å². The van der Waals surface area contributed by atoms with Gasteiger partial charge in [-0.15, -0.1) is 0 Å². The molecular formula is C22H18BrN3O2. The standard InChI is InChI=1S/C22H18BrN3O2/c23-16-9-10-21(27)15(13-16)14-24-25-22(28)11-12-26-19-7-3-1-5-17(19)18-6-2-4-8-20(18)26/h1-10,13-14,27H,11-12H2,(H,25,28). The summed E-state index contributed by atoms with van der Waals surface area (Å²) in [6.07, 6.45) is 1.73. The molecule has 0 fully saturated rings. The molecule has 2 N–H and O–H groups in total. The number of fused-ring (bicyclic) bond motifs is 3. The molecule has 1 heterocycles. The molecule has 0 saturated carbocycles. The zero-order chi connectivity index (χ0) is 19.5. The van der Waals surface area contributed by atoms with Crippen LogP contribution < -0.4 is 5.43 Å². The topological polar surface area (TPSA) is 66.6 Å². The summed E-state index contributed by atoms with van der Waals surface area (Å²) in [6.45, 7) is 0.553. The first-order valence-corrected chi connectivity index (χ1v) is 9.69. The van der Waals surface area contributed by atoms with Crippen LogP contribution in [0.25, 0.3) is 21.8 Å². The summed E-state index contributed by atoms with van der Waals surface area (Å²) in [7, 11) is 0. The van der Waals surface area contributed by atoms with E-state index in [0.29, 0.717) is 18.5 Å². The number of halogens is 1. The largest absolute Gasteiger partial charge is 0.507 e. The number of hydrogen-bond acceptors (Lipinski definition) is 3. The normalized spacial score (nSPS) is 11.5. The van der Waals surface area contributed by atoms with Crippen LogP contribution >= 0.6 is 15.9 Å². The minimum Gasteiger partial charge on any atom is -0.507 e. The molecule has 0 aliphatic rings. The monoisotopic (exact) mass is 435 g/mol. The third kappa shape index (κ3) is 3.64. The number of aromatic nitrogens is 1. The molecule has 0 radical (unpaired) electrons. The fourth-order valence-electron chi connectivity index (χ4n) is 3.32. The van der Waals surface area contributed by atoms with Crippen molar-refractivity contribution in [3.8, 4) is 5.75 Å². The van der Waals surface area contributed by atoms with Gasteiger partial charge in [-0.05, 0) is 30.3 Å². The SMILES string of the molecule is O=C(CCn1c2ccccc2c2ccccc21)NN=Cc1cc(Br)ccc1O. The van der Waals surface area contributed by atoms with Crippen molar-refractivity contribution in [3.63, 3.8) is 0 Å². The Morgan fingerprint density at radius 3 is 2.36 bits per heavy atom. The van der Waals surface area contributed by atoms with Crippen LogP contribution in [0.2, 0.25) is 0 Å². The molecule has 4 aromatic rings. The summed E-state index contributed by atoms with van der Waals surface area (Å²) < 4.78 is 2.98. The van der Waals surface area contributed by atoms with Crippen molar-refractivity contribution in [2.24, 2.45) is 5.10 Å². The van der Waals surface area contributed by atoms with Crippen molar-refractivity contribution >= 4 is 49.9 Å². The summed E-state index contributed by atoms with van der Waals surface area (Å²) in [5.41, 5.74) is 5.27. The quantitative estimate of drug-likeness (QED) is 0.349. The summed E-state index contributed by atoms with van der Waals surface area (Å²) in [5, 5.41) is 16.1. The number of nitrogens with zero attached hydrogens (tertiary/aromatic N) is 2. The molecule has 0 atom stereocenters. The highest BCUT2D eigenvalue weighted by atomic mass is 79.9. The molecule has 28 heavy (non-hydrogen) atoms. The minimum atomic E-state index is -0.187. The third-order valence-electron chi connectivity index (χ3n) is 4.62. The van der Waals surface area contributed by atoms with Crippen molar-refractivity contribution in [2.75, 3.05) is 0 Å². The Bertz CT molecular complexity index is 1140. The van der Waals surface area contributed by atoms with Crippen LogP contribution in [0.1, 0.15) is 12.0 Å². The van der Waals surface area contributed by atoms with E-state index in [1.165, 1.54) is 17.0 Å². The summed E-state index contributed by atoms with van der Waals surface area (Å²) in [4.78, 5) is 12.2. The molecule has 3 aromatic carbocycles. The maximum atomic E-state index is 12.2. The molecule has 0 unspecified atom stereocenters. The van der Waals surface area contributed by atoms with E-state index >= 15 is 0 Å². The van der Waals surface area contributed by atoms with Crippen LogP contribution in [0.5, 0.6) is 5.75 Å². The molecule has 4 rings (SSSR count). The van der Waals surface area contributed by atoms with Gasteiger partial charge in [0.15, 0.2) is 0 Å². The lowest BCUT2D eigenvalue weighted by molar-refractivity contribution is -0.121. The Morgan fingerprint density at radius 1 is 1.04 bits per heavy atom. The zero-order valence-corrected chi connectivity index (χ0v) is 16.6. The van der Waals surface area contributed by atoms with Crippen LogP contribution in [-0.2, 0) is 11.3 Å². The van der Waals surface area contributed by atoms with Crippen molar-refractivity contribution in [1.29, 1.82) is 0 Å². The number of phenols is 1. The lowest BCUT2D eigenvalue weighted by atomic mass is 10.2. The molecular weight excluding hydrogens is 418 g/mol. The van der Waals surface area contributed by atoms with Gasteiger partial charge in [0.2, 0.25) is 5.91 Å². The van der Waals surface area contributed by atoms with Gasteiger partial charge in [-0.2, -0.15) is 5.10 Å². The van der Waals surface area contributed by atoms with Crippen molar-refractivity contribution in [3.05, 3.63) is 76.8 Å². The van der Waals surface area contributed by atoms with Gasteiger partial charge in [0.1, 0.15) is 5.75 Å². The molecule has 0 spiro atoms. The molecule has 0 bridgehead atoms. The van der Waals surface area contributed by atoms with Gasteiger partial charge in [-0.3, -0.25) is 4.79 Å². The van der Waals surface area contributed by atoms with E-state index in [9.17, 15) is 9.90 Å². The first kappa shape index (κ1) is 18.3. The fourth-order valence-corrected chi connectivity index (χ4v) is 3.69. The van der Waals surface area contributed by atoms with Gasteiger partial charge >= 0.3 is 0 Å². The summed E-state index contributed by atoms with van der Waals surface area (Å²) >= 11 is 3.34. The predicted octanol–water partition coefficient (Wildman–Crippen LogP) is 4.80. The highest BCUT2D eigenvalue weighted by Crippen LogP contribution is 2.28. The van der Waals surface area contributed by atoms with Crippen molar-refractivity contribution in [1.82, 2.24) is 9.99 Å². The van der Waals surface area contributed by atoms with Crippen LogP contribution in [0, 0.1) is 0 Å². The summed E-state index contributed by atoms with van der Waals surface area (Å²) in [5.74, 6) is -0.0842. The Hall–Kier alpha value is -3.12. The van der Waals surface area contributed by atoms with Gasteiger partial charge < -0.3 is 9.67 Å². The molecule has 1 aromatic heterocycles. The Balaban J connectivity index is 1.48. The molecule has 0 saturated heterocycles. The van der Waals surface area contributed by atoms with Gasteiger partial charge in [0.05, 0.1) is 6.21 Å². The van der Waals surface area contributed by atoms with Crippen molar-refractivity contribution < 1.29 is 9.90 Å². The Morgan fingerprint density at radius 2 is 1.68 bits per heavy atom. The zero-order valence-electron chi connectivity index (χ0n) is 15.0. The Kier molecular flexibility index (Phi) is 5.12. The smallest absolute Gasteiger partial charge is 0.241 e. The first-order valence-electron chi connectivity index (χ1n) is 8.90. The average molecular weight is 436 g/mol. The van der Waals surface area contributed by atoms with Crippen LogP contribution in [-0.4, -0.2) is 21.8 Å². The van der Waals surface area contributed by atoms with E-state index in [2.05, 4.69) is 55.3 Å². The second-order valence-electron chi connectivity index (χ2n) is 6.43. The maximum Gasteiger partial charge on any atom is 0.241 e. The number of amides is 1. The number of aryl methyl sites for hydroxylation is 1. The van der Waals surface area contributed by atoms with Crippen LogP contribution in [0.4, 0.5) is 0 Å². The van der Waals surface area contributed by atoms with E-state index in [1.54, 1.807) is 18.2 Å².